The molecule has 55 valence electrons. The van der Waals surface area contributed by atoms with E-state index in [2.05, 4.69) is 30.4 Å². The van der Waals surface area contributed by atoms with Crippen molar-refractivity contribution < 1.29 is 4.48 Å². The molecule has 0 aliphatic carbocycles. The van der Waals surface area contributed by atoms with E-state index in [1.807, 2.05) is 18.4 Å². The molecule has 1 radical (unpaired) electrons. The van der Waals surface area contributed by atoms with Crippen molar-refractivity contribution in [2.24, 2.45) is 4.99 Å². The van der Waals surface area contributed by atoms with Gasteiger partial charge in [-0.15, -0.1) is 0 Å². The molecule has 0 saturated carbocycles. The lowest BCUT2D eigenvalue weighted by Gasteiger charge is -2.25. The molecule has 2 aliphatic rings. The summed E-state index contributed by atoms with van der Waals surface area (Å²) in [5.41, 5.74) is 0. The number of allylic oxidation sites excluding steroid dienone is 2. The molecule has 2 rings (SSSR count). The third-order valence-corrected chi connectivity index (χ3v) is 2.11. The van der Waals surface area contributed by atoms with Gasteiger partial charge >= 0.3 is 0 Å². The zero-order valence-electron chi connectivity index (χ0n) is 6.49. The number of nitrogens with zero attached hydrogens (tertiary/aromatic N) is 2. The second-order valence-electron chi connectivity index (χ2n) is 2.65. The van der Waals surface area contributed by atoms with Crippen LogP contribution in [0.1, 0.15) is 6.92 Å². The van der Waals surface area contributed by atoms with Crippen molar-refractivity contribution in [1.29, 1.82) is 0 Å². The van der Waals surface area contributed by atoms with Gasteiger partial charge in [0.1, 0.15) is 12.4 Å². The van der Waals surface area contributed by atoms with Crippen LogP contribution in [0.15, 0.2) is 35.7 Å². The zero-order valence-corrected chi connectivity index (χ0v) is 6.49. The molecule has 0 fully saturated rings. The van der Waals surface area contributed by atoms with E-state index in [9.17, 15) is 0 Å². The SMILES string of the molecule is CC[N+]12C=CC=[C]C1=NC=C2. The predicted octanol–water partition coefficient (Wildman–Crippen LogP) is 1.59. The van der Waals surface area contributed by atoms with Crippen LogP contribution in [0.4, 0.5) is 0 Å². The van der Waals surface area contributed by atoms with Crippen molar-refractivity contribution in [1.82, 2.24) is 0 Å². The van der Waals surface area contributed by atoms with Crippen LogP contribution >= 0.6 is 0 Å². The number of quaternary nitrogens is 1. The number of rotatable bonds is 1. The van der Waals surface area contributed by atoms with Crippen LogP contribution in [0.5, 0.6) is 0 Å². The van der Waals surface area contributed by atoms with E-state index in [4.69, 9.17) is 0 Å². The lowest BCUT2D eigenvalue weighted by atomic mass is 10.3. The first-order chi connectivity index (χ1) is 5.37. The first-order valence-electron chi connectivity index (χ1n) is 3.78. The Morgan fingerprint density at radius 3 is 3.18 bits per heavy atom. The summed E-state index contributed by atoms with van der Waals surface area (Å²) in [4.78, 5) is 4.22. The summed E-state index contributed by atoms with van der Waals surface area (Å²) in [6.45, 7) is 3.15. The summed E-state index contributed by atoms with van der Waals surface area (Å²) < 4.78 is 0.733. The van der Waals surface area contributed by atoms with Crippen molar-refractivity contribution >= 4 is 5.84 Å². The van der Waals surface area contributed by atoms with E-state index in [0.717, 1.165) is 16.9 Å². The van der Waals surface area contributed by atoms with Crippen LogP contribution in [0.2, 0.25) is 0 Å². The summed E-state index contributed by atoms with van der Waals surface area (Å²) >= 11 is 0. The van der Waals surface area contributed by atoms with E-state index in [0.29, 0.717) is 0 Å². The third kappa shape index (κ3) is 0.795. The van der Waals surface area contributed by atoms with Crippen molar-refractivity contribution in [3.63, 3.8) is 0 Å². The molecule has 2 nitrogen and oxygen atoms in total. The van der Waals surface area contributed by atoms with Gasteiger partial charge in [-0.25, -0.2) is 4.48 Å². The highest BCUT2D eigenvalue weighted by molar-refractivity contribution is 5.86. The van der Waals surface area contributed by atoms with E-state index < -0.39 is 0 Å². The minimum Gasteiger partial charge on any atom is -0.221 e. The van der Waals surface area contributed by atoms with E-state index in [1.165, 1.54) is 0 Å². The highest BCUT2D eigenvalue weighted by Gasteiger charge is 2.31. The Morgan fingerprint density at radius 2 is 2.45 bits per heavy atom. The second kappa shape index (κ2) is 2.17. The molecule has 0 aromatic rings. The Kier molecular flexibility index (Phi) is 1.29. The van der Waals surface area contributed by atoms with Crippen LogP contribution in [-0.4, -0.2) is 16.9 Å². The van der Waals surface area contributed by atoms with E-state index in [1.54, 1.807) is 0 Å². The number of amidine groups is 1. The van der Waals surface area contributed by atoms with Gasteiger partial charge in [-0.2, -0.15) is 4.99 Å². The maximum Gasteiger partial charge on any atom is 0.245 e. The molecule has 2 aliphatic heterocycles. The fourth-order valence-corrected chi connectivity index (χ4v) is 1.36. The fourth-order valence-electron chi connectivity index (χ4n) is 1.36. The van der Waals surface area contributed by atoms with Gasteiger partial charge in [0, 0.05) is 0 Å². The Bertz CT molecular complexity index is 284. The molecule has 0 bridgehead atoms. The quantitative estimate of drug-likeness (QED) is 0.498. The molecule has 1 atom stereocenters. The third-order valence-electron chi connectivity index (χ3n) is 2.11. The van der Waals surface area contributed by atoms with Gasteiger partial charge in [0.05, 0.1) is 18.8 Å². The topological polar surface area (TPSA) is 12.4 Å². The van der Waals surface area contributed by atoms with Crippen molar-refractivity contribution in [3.8, 4) is 0 Å². The molecule has 2 heteroatoms. The van der Waals surface area contributed by atoms with Crippen LogP contribution in [0.3, 0.4) is 0 Å². The Balaban J connectivity index is 2.46. The number of aliphatic imine (C=N–C) groups is 1. The molecule has 0 aromatic carbocycles. The first kappa shape index (κ1) is 6.55. The highest BCUT2D eigenvalue weighted by Crippen LogP contribution is 2.20. The van der Waals surface area contributed by atoms with Gasteiger partial charge in [0.25, 0.3) is 0 Å². The Labute approximate surface area is 66.4 Å². The molecule has 11 heavy (non-hydrogen) atoms. The number of hydrogen-bond donors (Lipinski definition) is 0. The molecule has 1 unspecified atom stereocenters. The average Bonchev–Trinajstić information content (AvgIpc) is 2.48. The van der Waals surface area contributed by atoms with E-state index >= 15 is 0 Å². The number of likely N-dealkylation sites (N-methyl/N-ethyl adjacent to an activating group) is 1. The molecule has 0 amide bonds. The smallest absolute Gasteiger partial charge is 0.221 e. The molecule has 0 N–H and O–H groups in total. The molecule has 0 saturated heterocycles. The highest BCUT2D eigenvalue weighted by atomic mass is 15.4. The molecular formula is C9H10N2+. The predicted molar refractivity (Wildman–Crippen MR) is 44.3 cm³/mol. The Morgan fingerprint density at radius 1 is 1.55 bits per heavy atom. The molecule has 0 aromatic heterocycles. The summed E-state index contributed by atoms with van der Waals surface area (Å²) in [6, 6.07) is 0. The molecular weight excluding hydrogens is 136 g/mol. The minimum atomic E-state index is 0.733. The summed E-state index contributed by atoms with van der Waals surface area (Å²) in [5.74, 6) is 0.995. The Hall–Kier alpha value is -1.15. The normalized spacial score (nSPS) is 32.3. The van der Waals surface area contributed by atoms with Gasteiger partial charge in [0.15, 0.2) is 0 Å². The van der Waals surface area contributed by atoms with Gasteiger partial charge < -0.3 is 0 Å². The van der Waals surface area contributed by atoms with Crippen LogP contribution in [0.25, 0.3) is 0 Å². The average molecular weight is 146 g/mol. The van der Waals surface area contributed by atoms with Gasteiger partial charge in [0.2, 0.25) is 5.84 Å². The van der Waals surface area contributed by atoms with Crippen molar-refractivity contribution in [2.45, 2.75) is 6.92 Å². The molecule has 2 heterocycles. The fraction of sp³-hybridized carbons (Fsp3) is 0.222. The maximum absolute atomic E-state index is 4.22. The first-order valence-corrected chi connectivity index (χ1v) is 3.78. The molecule has 0 spiro atoms. The van der Waals surface area contributed by atoms with Gasteiger partial charge in [-0.1, -0.05) is 0 Å². The van der Waals surface area contributed by atoms with Crippen LogP contribution in [0, 0.1) is 6.08 Å². The maximum atomic E-state index is 4.22. The van der Waals surface area contributed by atoms with Gasteiger partial charge in [-0.05, 0) is 19.1 Å². The largest absolute Gasteiger partial charge is 0.245 e. The summed E-state index contributed by atoms with van der Waals surface area (Å²) in [7, 11) is 0. The lowest BCUT2D eigenvalue weighted by molar-refractivity contribution is -0.726. The second-order valence-corrected chi connectivity index (χ2v) is 2.65. The zero-order chi connectivity index (χ0) is 7.73. The van der Waals surface area contributed by atoms with Crippen LogP contribution < -0.4 is 0 Å². The van der Waals surface area contributed by atoms with E-state index in [-0.39, 0.29) is 0 Å². The van der Waals surface area contributed by atoms with Crippen molar-refractivity contribution in [2.75, 3.05) is 6.54 Å². The van der Waals surface area contributed by atoms with Gasteiger partial charge in [-0.3, -0.25) is 0 Å². The van der Waals surface area contributed by atoms with Crippen LogP contribution in [-0.2, 0) is 0 Å². The monoisotopic (exact) mass is 146 g/mol. The lowest BCUT2D eigenvalue weighted by Crippen LogP contribution is -2.41. The summed E-state index contributed by atoms with van der Waals surface area (Å²) in [6.07, 6.45) is 13.1. The standard InChI is InChI=1S/C9H10N2/c1-2-11-7-4-3-5-9(11)10-6-8-11/h3-4,6-8H,2H2,1H3/q+1. The summed E-state index contributed by atoms with van der Waals surface area (Å²) in [5, 5.41) is 0. The number of hydrogen-bond acceptors (Lipinski definition) is 1. The minimum absolute atomic E-state index is 0.733. The number of fused-ring (bicyclic) bond motifs is 1. The van der Waals surface area contributed by atoms with Crippen molar-refractivity contribution in [3.05, 3.63) is 36.8 Å².